The summed E-state index contributed by atoms with van der Waals surface area (Å²) in [7, 11) is -10.0. The first kappa shape index (κ1) is 24.6. The van der Waals surface area contributed by atoms with Gasteiger partial charge >= 0.3 is 20.8 Å². The molecule has 1 aromatic rings. The Morgan fingerprint density at radius 2 is 1.77 bits per heavy atom. The zero-order chi connectivity index (χ0) is 22.5. The molecule has 170 valence electrons. The number of nitrogens with one attached hydrogen (secondary N) is 1. The van der Waals surface area contributed by atoms with Gasteiger partial charge in [-0.1, -0.05) is 30.3 Å². The first-order chi connectivity index (χ1) is 13.9. The van der Waals surface area contributed by atoms with Gasteiger partial charge in [-0.05, 0) is 5.56 Å². The van der Waals surface area contributed by atoms with E-state index in [0.29, 0.717) is 5.56 Å². The minimum atomic E-state index is -5.11. The van der Waals surface area contributed by atoms with E-state index in [9.17, 15) is 26.7 Å². The zero-order valence-electron chi connectivity index (χ0n) is 15.5. The fourth-order valence-electron chi connectivity index (χ4n) is 2.74. The first-order valence-electron chi connectivity index (χ1n) is 8.39. The molecule has 4 N–H and O–H groups in total. The number of ether oxygens (including phenoxy) is 2. The van der Waals surface area contributed by atoms with Crippen molar-refractivity contribution in [2.45, 2.75) is 44.2 Å². The first-order valence-corrected chi connectivity index (χ1v) is 11.1. The van der Waals surface area contributed by atoms with E-state index < -0.39 is 64.0 Å². The summed E-state index contributed by atoms with van der Waals surface area (Å²) in [6.45, 7) is 0.0736. The third kappa shape index (κ3) is 7.86. The second kappa shape index (κ2) is 10.1. The van der Waals surface area contributed by atoms with Crippen molar-refractivity contribution in [2.75, 3.05) is 6.61 Å². The van der Waals surface area contributed by atoms with Crippen LogP contribution >= 0.6 is 0 Å². The van der Waals surface area contributed by atoms with Crippen molar-refractivity contribution in [3.63, 3.8) is 0 Å². The summed E-state index contributed by atoms with van der Waals surface area (Å²) in [5.41, 5.74) is 0.673. The monoisotopic (exact) mass is 471 g/mol. The molecule has 0 bridgehead atoms. The Morgan fingerprint density at radius 3 is 2.30 bits per heavy atom. The van der Waals surface area contributed by atoms with Crippen molar-refractivity contribution in [1.82, 2.24) is 5.32 Å². The van der Waals surface area contributed by atoms with Gasteiger partial charge in [0.05, 0.1) is 13.2 Å². The molecule has 1 amide bonds. The molecule has 0 unspecified atom stereocenters. The van der Waals surface area contributed by atoms with Gasteiger partial charge in [-0.15, -0.1) is 0 Å². The number of aliphatic hydroxyl groups is 1. The van der Waals surface area contributed by atoms with Crippen LogP contribution in [0.1, 0.15) is 12.5 Å². The summed E-state index contributed by atoms with van der Waals surface area (Å²) in [5, 5.41) is 12.7. The number of hydrogen-bond acceptors (Lipinski definition) is 10. The Morgan fingerprint density at radius 1 is 1.13 bits per heavy atom. The molecule has 2 rings (SSSR count). The van der Waals surface area contributed by atoms with Crippen molar-refractivity contribution in [1.29, 1.82) is 0 Å². The summed E-state index contributed by atoms with van der Waals surface area (Å²) >= 11 is 0. The van der Waals surface area contributed by atoms with Gasteiger partial charge in [0.1, 0.15) is 24.4 Å². The largest absolute Gasteiger partial charge is 0.397 e. The van der Waals surface area contributed by atoms with E-state index in [1.807, 2.05) is 0 Å². The van der Waals surface area contributed by atoms with Crippen LogP contribution < -0.4 is 5.32 Å². The Bertz CT molecular complexity index is 920. The normalized spacial score (nSPS) is 27.5. The summed E-state index contributed by atoms with van der Waals surface area (Å²) in [4.78, 5) is 11.6. The lowest BCUT2D eigenvalue weighted by Crippen LogP contribution is -2.65. The molecule has 5 atom stereocenters. The number of rotatable bonds is 9. The second-order valence-corrected chi connectivity index (χ2v) is 8.40. The highest BCUT2D eigenvalue weighted by atomic mass is 32.3. The molecule has 1 heterocycles. The SMILES string of the molecule is CC(=O)N[C@H]1[C@H](OCc2ccccc2)O[C@H](COS(=O)(=O)O)[C@@H](O)[C@H]1OS(=O)(=O)O. The molecule has 1 saturated heterocycles. The van der Waals surface area contributed by atoms with Gasteiger partial charge in [0.15, 0.2) is 6.29 Å². The number of benzene rings is 1. The third-order valence-corrected chi connectivity index (χ3v) is 4.81. The maximum absolute atomic E-state index is 11.6. The van der Waals surface area contributed by atoms with Crippen LogP contribution in [-0.2, 0) is 50.0 Å². The van der Waals surface area contributed by atoms with Gasteiger partial charge in [0.2, 0.25) is 5.91 Å². The molecule has 0 aliphatic carbocycles. The molecule has 0 spiro atoms. The smallest absolute Gasteiger partial charge is 0.387 e. The van der Waals surface area contributed by atoms with Gasteiger partial charge in [0, 0.05) is 6.92 Å². The second-order valence-electron chi connectivity index (χ2n) is 6.26. The lowest BCUT2D eigenvalue weighted by atomic mass is 9.97. The Hall–Kier alpha value is -1.69. The molecule has 1 aliphatic rings. The van der Waals surface area contributed by atoms with E-state index in [1.165, 1.54) is 0 Å². The quantitative estimate of drug-likeness (QED) is 0.315. The molecule has 0 saturated carbocycles. The molecule has 13 nitrogen and oxygen atoms in total. The average molecular weight is 471 g/mol. The van der Waals surface area contributed by atoms with E-state index in [2.05, 4.69) is 13.7 Å². The van der Waals surface area contributed by atoms with Crippen LogP contribution in [0.15, 0.2) is 30.3 Å². The number of carbonyl (C=O) groups is 1. The highest BCUT2D eigenvalue weighted by molar-refractivity contribution is 7.81. The van der Waals surface area contributed by atoms with Gasteiger partial charge in [-0.2, -0.15) is 16.8 Å². The summed E-state index contributed by atoms with van der Waals surface area (Å²) in [6.07, 6.45) is -6.79. The summed E-state index contributed by atoms with van der Waals surface area (Å²) in [6, 6.07) is 7.19. The molecule has 1 aliphatic heterocycles. The number of aliphatic hydroxyl groups excluding tert-OH is 1. The highest BCUT2D eigenvalue weighted by Gasteiger charge is 2.49. The van der Waals surface area contributed by atoms with E-state index in [-0.39, 0.29) is 6.61 Å². The predicted molar refractivity (Wildman–Crippen MR) is 97.4 cm³/mol. The van der Waals surface area contributed by atoms with Crippen LogP contribution in [-0.4, -0.2) is 74.2 Å². The van der Waals surface area contributed by atoms with E-state index >= 15 is 0 Å². The van der Waals surface area contributed by atoms with Crippen LogP contribution in [0, 0.1) is 0 Å². The van der Waals surface area contributed by atoms with E-state index in [0.717, 1.165) is 6.92 Å². The van der Waals surface area contributed by atoms with Crippen LogP contribution in [0.3, 0.4) is 0 Å². The molecule has 0 radical (unpaired) electrons. The molecule has 30 heavy (non-hydrogen) atoms. The van der Waals surface area contributed by atoms with E-state index in [1.54, 1.807) is 30.3 Å². The fourth-order valence-corrected chi connectivity index (χ4v) is 3.57. The zero-order valence-corrected chi connectivity index (χ0v) is 17.2. The maximum atomic E-state index is 11.6. The lowest BCUT2D eigenvalue weighted by molar-refractivity contribution is -0.268. The number of hydrogen-bond donors (Lipinski definition) is 4. The minimum Gasteiger partial charge on any atom is -0.387 e. The number of carbonyl (C=O) groups excluding carboxylic acids is 1. The molecule has 1 aromatic carbocycles. The Balaban J connectivity index is 2.30. The minimum absolute atomic E-state index is 0.0812. The van der Waals surface area contributed by atoms with Gasteiger partial charge in [0.25, 0.3) is 0 Å². The lowest BCUT2D eigenvalue weighted by Gasteiger charge is -2.43. The van der Waals surface area contributed by atoms with Crippen molar-refractivity contribution in [2.24, 2.45) is 0 Å². The number of amides is 1. The van der Waals surface area contributed by atoms with Crippen LogP contribution in [0.25, 0.3) is 0 Å². The topological polar surface area (TPSA) is 195 Å². The highest BCUT2D eigenvalue weighted by Crippen LogP contribution is 2.27. The predicted octanol–water partition coefficient (Wildman–Crippen LogP) is -1.20. The molecule has 0 aromatic heterocycles. The van der Waals surface area contributed by atoms with Crippen molar-refractivity contribution in [3.05, 3.63) is 35.9 Å². The molecular formula is C15H21NO12S2. The van der Waals surface area contributed by atoms with Gasteiger partial charge < -0.3 is 19.9 Å². The Labute approximate surface area is 172 Å². The van der Waals surface area contributed by atoms with Crippen molar-refractivity contribution < 1.29 is 53.7 Å². The van der Waals surface area contributed by atoms with E-state index in [4.69, 9.17) is 18.6 Å². The van der Waals surface area contributed by atoms with Gasteiger partial charge in [-0.3, -0.25) is 13.9 Å². The van der Waals surface area contributed by atoms with Crippen LogP contribution in [0.5, 0.6) is 0 Å². The maximum Gasteiger partial charge on any atom is 0.397 e. The molecule has 1 fully saturated rings. The van der Waals surface area contributed by atoms with Crippen LogP contribution in [0.4, 0.5) is 0 Å². The fraction of sp³-hybridized carbons (Fsp3) is 0.533. The van der Waals surface area contributed by atoms with Crippen molar-refractivity contribution >= 4 is 26.7 Å². The van der Waals surface area contributed by atoms with Crippen LogP contribution in [0.2, 0.25) is 0 Å². The standard InChI is InChI=1S/C15H21NO12S2/c1-9(17)16-12-14(28-30(22,23)24)13(18)11(8-26-29(19,20)21)27-15(12)25-7-10-5-3-2-4-6-10/h2-6,11-15,18H,7-8H2,1H3,(H,16,17)(H,19,20,21)(H,22,23,24)/t11-,12-,13-,14+,15-/m1/s1. The Kier molecular flexibility index (Phi) is 8.26. The summed E-state index contributed by atoms with van der Waals surface area (Å²) in [5.74, 6) is -0.666. The van der Waals surface area contributed by atoms with Crippen molar-refractivity contribution in [3.8, 4) is 0 Å². The third-order valence-electron chi connectivity index (χ3n) is 3.91. The molecule has 15 heteroatoms. The average Bonchev–Trinajstić information content (AvgIpc) is 2.62. The summed E-state index contributed by atoms with van der Waals surface area (Å²) < 4.78 is 81.6. The van der Waals surface area contributed by atoms with Gasteiger partial charge in [-0.25, -0.2) is 8.37 Å². The molecular weight excluding hydrogens is 450 g/mol.